The zero-order valence-corrected chi connectivity index (χ0v) is 15.2. The van der Waals surface area contributed by atoms with Gasteiger partial charge in [-0.05, 0) is 49.4 Å². The Bertz CT molecular complexity index is 765. The van der Waals surface area contributed by atoms with Crippen LogP contribution < -0.4 is 5.32 Å². The molecule has 0 saturated carbocycles. The molecule has 2 aliphatic rings. The van der Waals surface area contributed by atoms with Crippen molar-refractivity contribution >= 4 is 22.8 Å². The minimum Gasteiger partial charge on any atom is -0.332 e. The lowest BCUT2D eigenvalue weighted by Crippen LogP contribution is -2.38. The molecule has 0 spiro atoms. The lowest BCUT2D eigenvalue weighted by atomic mass is 9.94. The van der Waals surface area contributed by atoms with Crippen LogP contribution in [0.4, 0.5) is 0 Å². The van der Waals surface area contributed by atoms with Gasteiger partial charge in [-0.3, -0.25) is 4.79 Å². The highest BCUT2D eigenvalue weighted by atomic mass is 32.1. The molecule has 1 N–H and O–H groups in total. The summed E-state index contributed by atoms with van der Waals surface area (Å²) in [5.74, 6) is 0.186. The van der Waals surface area contributed by atoms with Gasteiger partial charge in [0.1, 0.15) is 0 Å². The van der Waals surface area contributed by atoms with Gasteiger partial charge in [0.2, 0.25) is 0 Å². The van der Waals surface area contributed by atoms with Crippen LogP contribution >= 0.6 is 11.3 Å². The van der Waals surface area contributed by atoms with Crippen molar-refractivity contribution in [3.63, 3.8) is 0 Å². The number of benzene rings is 1. The number of thiophene rings is 1. The summed E-state index contributed by atoms with van der Waals surface area (Å²) in [6, 6.07) is 12.8. The Morgan fingerprint density at radius 2 is 2.08 bits per heavy atom. The van der Waals surface area contributed by atoms with Crippen LogP contribution in [0.5, 0.6) is 0 Å². The molecular weight excluding hydrogens is 328 g/mol. The Balaban J connectivity index is 1.56. The van der Waals surface area contributed by atoms with Crippen LogP contribution in [-0.4, -0.2) is 30.4 Å². The van der Waals surface area contributed by atoms with E-state index in [1.807, 2.05) is 11.4 Å². The van der Waals surface area contributed by atoms with Crippen molar-refractivity contribution < 1.29 is 4.79 Å². The highest BCUT2D eigenvalue weighted by molar-refractivity contribution is 7.11. The molecule has 1 saturated heterocycles. The molecule has 0 radical (unpaired) electrons. The van der Waals surface area contributed by atoms with E-state index in [1.165, 1.54) is 22.4 Å². The summed E-state index contributed by atoms with van der Waals surface area (Å²) in [5, 5.41) is 5.38. The number of nitrogens with zero attached hydrogens (tertiary/aromatic N) is 1. The summed E-state index contributed by atoms with van der Waals surface area (Å²) in [5.41, 5.74) is 3.48. The molecule has 130 valence electrons. The number of rotatable bonds is 3. The smallest absolute Gasteiger partial charge is 0.255 e. The molecular formula is C21H24N2OS. The second-order valence-electron chi connectivity index (χ2n) is 6.80. The zero-order valence-electron chi connectivity index (χ0n) is 14.4. The minimum absolute atomic E-state index is 0.186. The maximum atomic E-state index is 13.2. The Morgan fingerprint density at radius 1 is 1.20 bits per heavy atom. The average molecular weight is 353 g/mol. The lowest BCUT2D eigenvalue weighted by Gasteiger charge is -2.36. The van der Waals surface area contributed by atoms with Crippen molar-refractivity contribution in [3.05, 3.63) is 63.9 Å². The third kappa shape index (κ3) is 3.55. The fourth-order valence-corrected chi connectivity index (χ4v) is 4.78. The SMILES string of the molecule is O=C(c1csc(C2=CCNCC2)c1)N1CCCCC1c1ccccc1. The molecule has 3 nitrogen and oxygen atoms in total. The summed E-state index contributed by atoms with van der Waals surface area (Å²) in [4.78, 5) is 16.5. The monoisotopic (exact) mass is 352 g/mol. The topological polar surface area (TPSA) is 32.3 Å². The van der Waals surface area contributed by atoms with E-state index in [4.69, 9.17) is 0 Å². The maximum Gasteiger partial charge on any atom is 0.255 e. The quantitative estimate of drug-likeness (QED) is 0.882. The maximum absolute atomic E-state index is 13.2. The van der Waals surface area contributed by atoms with Gasteiger partial charge < -0.3 is 10.2 Å². The first-order valence-corrected chi connectivity index (χ1v) is 10.1. The highest BCUT2D eigenvalue weighted by Crippen LogP contribution is 2.33. The van der Waals surface area contributed by atoms with Crippen LogP contribution in [0, 0.1) is 0 Å². The summed E-state index contributed by atoms with van der Waals surface area (Å²) >= 11 is 1.70. The molecule has 1 unspecified atom stereocenters. The number of nitrogens with one attached hydrogen (secondary N) is 1. The fraction of sp³-hybridized carbons (Fsp3) is 0.381. The predicted octanol–water partition coefficient (Wildman–Crippen LogP) is 4.49. The predicted molar refractivity (Wildman–Crippen MR) is 104 cm³/mol. The Labute approximate surface area is 153 Å². The number of hydrogen-bond donors (Lipinski definition) is 1. The lowest BCUT2D eigenvalue weighted by molar-refractivity contribution is 0.0612. The Hall–Kier alpha value is -1.91. The largest absolute Gasteiger partial charge is 0.332 e. The van der Waals surface area contributed by atoms with Gasteiger partial charge in [0.25, 0.3) is 5.91 Å². The van der Waals surface area contributed by atoms with Crippen molar-refractivity contribution in [1.82, 2.24) is 10.2 Å². The van der Waals surface area contributed by atoms with Gasteiger partial charge in [-0.1, -0.05) is 36.4 Å². The summed E-state index contributed by atoms with van der Waals surface area (Å²) in [7, 11) is 0. The standard InChI is InChI=1S/C21H24N2OS/c24-21(18-14-20(25-15-18)17-9-11-22-12-10-17)23-13-5-4-8-19(23)16-6-2-1-3-7-16/h1-3,6-7,9,14-15,19,22H,4-5,8,10-13H2. The molecule has 1 atom stereocenters. The van der Waals surface area contributed by atoms with E-state index in [1.54, 1.807) is 11.3 Å². The third-order valence-electron chi connectivity index (χ3n) is 5.17. The van der Waals surface area contributed by atoms with E-state index in [0.717, 1.165) is 44.5 Å². The van der Waals surface area contributed by atoms with Gasteiger partial charge in [0.05, 0.1) is 11.6 Å². The van der Waals surface area contributed by atoms with Gasteiger partial charge >= 0.3 is 0 Å². The minimum atomic E-state index is 0.186. The molecule has 1 amide bonds. The molecule has 0 aliphatic carbocycles. The normalized spacial score (nSPS) is 21.0. The van der Waals surface area contributed by atoms with Crippen molar-refractivity contribution in [3.8, 4) is 0 Å². The van der Waals surface area contributed by atoms with E-state index >= 15 is 0 Å². The average Bonchev–Trinajstić information content (AvgIpc) is 3.19. The summed E-state index contributed by atoms with van der Waals surface area (Å²) in [6.07, 6.45) is 6.65. The van der Waals surface area contributed by atoms with Gasteiger partial charge in [-0.15, -0.1) is 11.3 Å². The first kappa shape index (κ1) is 16.6. The Morgan fingerprint density at radius 3 is 2.88 bits per heavy atom. The number of carbonyl (C=O) groups is 1. The molecule has 4 rings (SSSR count). The van der Waals surface area contributed by atoms with E-state index in [-0.39, 0.29) is 11.9 Å². The van der Waals surface area contributed by atoms with E-state index < -0.39 is 0 Å². The van der Waals surface area contributed by atoms with E-state index in [2.05, 4.69) is 46.6 Å². The van der Waals surface area contributed by atoms with Crippen LogP contribution in [0.3, 0.4) is 0 Å². The molecule has 1 aromatic heterocycles. The zero-order chi connectivity index (χ0) is 17.1. The number of carbonyl (C=O) groups excluding carboxylic acids is 1. The fourth-order valence-electron chi connectivity index (χ4n) is 3.83. The molecule has 25 heavy (non-hydrogen) atoms. The van der Waals surface area contributed by atoms with Gasteiger partial charge in [-0.2, -0.15) is 0 Å². The van der Waals surface area contributed by atoms with Crippen LogP contribution in [0.25, 0.3) is 5.57 Å². The van der Waals surface area contributed by atoms with Crippen molar-refractivity contribution in [2.24, 2.45) is 0 Å². The van der Waals surface area contributed by atoms with Crippen molar-refractivity contribution in [2.75, 3.05) is 19.6 Å². The molecule has 2 aliphatic heterocycles. The van der Waals surface area contributed by atoms with Crippen molar-refractivity contribution in [1.29, 1.82) is 0 Å². The number of amides is 1. The van der Waals surface area contributed by atoms with E-state index in [9.17, 15) is 4.79 Å². The molecule has 1 aromatic carbocycles. The second kappa shape index (κ2) is 7.54. The number of piperidine rings is 1. The molecule has 0 bridgehead atoms. The van der Waals surface area contributed by atoms with Crippen molar-refractivity contribution in [2.45, 2.75) is 31.7 Å². The van der Waals surface area contributed by atoms with Gasteiger partial charge in [0, 0.05) is 23.3 Å². The number of hydrogen-bond acceptors (Lipinski definition) is 3. The number of likely N-dealkylation sites (tertiary alicyclic amines) is 1. The van der Waals surface area contributed by atoms with E-state index in [0.29, 0.717) is 0 Å². The highest BCUT2D eigenvalue weighted by Gasteiger charge is 2.29. The van der Waals surface area contributed by atoms with Crippen LogP contribution in [-0.2, 0) is 0 Å². The molecule has 4 heteroatoms. The Kier molecular flexibility index (Phi) is 4.99. The second-order valence-corrected chi connectivity index (χ2v) is 7.72. The summed E-state index contributed by atoms with van der Waals surface area (Å²) < 4.78 is 0. The summed E-state index contributed by atoms with van der Waals surface area (Å²) in [6.45, 7) is 2.81. The first-order chi connectivity index (χ1) is 12.3. The molecule has 2 aromatic rings. The van der Waals surface area contributed by atoms with Gasteiger partial charge in [-0.25, -0.2) is 0 Å². The van der Waals surface area contributed by atoms with Crippen LogP contribution in [0.1, 0.15) is 52.5 Å². The molecule has 1 fully saturated rings. The van der Waals surface area contributed by atoms with Crippen LogP contribution in [0.2, 0.25) is 0 Å². The third-order valence-corrected chi connectivity index (χ3v) is 6.18. The van der Waals surface area contributed by atoms with Gasteiger partial charge in [0.15, 0.2) is 0 Å². The molecule has 3 heterocycles. The van der Waals surface area contributed by atoms with Crippen LogP contribution in [0.15, 0.2) is 47.9 Å². The first-order valence-electron chi connectivity index (χ1n) is 9.17.